The lowest BCUT2D eigenvalue weighted by molar-refractivity contribution is 1.14. The van der Waals surface area contributed by atoms with Gasteiger partial charge in [-0.1, -0.05) is 55.5 Å². The summed E-state index contributed by atoms with van der Waals surface area (Å²) in [6.45, 7) is 2.12. The number of hydrogen-bond acceptors (Lipinski definition) is 2. The third-order valence-corrected chi connectivity index (χ3v) is 3.19. The molecule has 0 N–H and O–H groups in total. The molecule has 2 nitrogen and oxygen atoms in total. The highest BCUT2D eigenvalue weighted by Crippen LogP contribution is 2.28. The molecule has 2 aromatic rings. The van der Waals surface area contributed by atoms with Crippen LogP contribution in [-0.2, 0) is 6.42 Å². The van der Waals surface area contributed by atoms with Crippen molar-refractivity contribution in [2.45, 2.75) is 13.3 Å². The fourth-order valence-corrected chi connectivity index (χ4v) is 2.20. The van der Waals surface area contributed by atoms with E-state index in [0.717, 1.165) is 23.1 Å². The number of nitriles is 2. The predicted octanol–water partition coefficient (Wildman–Crippen LogP) is 4.35. The van der Waals surface area contributed by atoms with Gasteiger partial charge in [0, 0.05) is 0 Å². The second-order valence-corrected chi connectivity index (χ2v) is 4.38. The zero-order chi connectivity index (χ0) is 14.4. The molecule has 0 atom stereocenters. The number of rotatable bonds is 3. The third-order valence-electron chi connectivity index (χ3n) is 3.19. The molecule has 96 valence electrons. The van der Waals surface area contributed by atoms with Crippen LogP contribution >= 0.6 is 0 Å². The molecule has 0 spiro atoms. The molecule has 0 heterocycles. The molecule has 0 aromatic heterocycles. The van der Waals surface area contributed by atoms with Gasteiger partial charge in [-0.2, -0.15) is 10.5 Å². The van der Waals surface area contributed by atoms with Gasteiger partial charge in [0.15, 0.2) is 0 Å². The number of aryl methyl sites for hydroxylation is 1. The monoisotopic (exact) mass is 258 g/mol. The highest BCUT2D eigenvalue weighted by atomic mass is 14.3. The molecule has 0 fully saturated rings. The minimum atomic E-state index is 0.117. The normalized spacial score (nSPS) is 9.35. The van der Waals surface area contributed by atoms with Crippen LogP contribution in [0.4, 0.5) is 0 Å². The number of benzene rings is 2. The lowest BCUT2D eigenvalue weighted by Gasteiger charge is -2.10. The van der Waals surface area contributed by atoms with Crippen LogP contribution in [0.2, 0.25) is 0 Å². The van der Waals surface area contributed by atoms with Crippen molar-refractivity contribution in [3.05, 3.63) is 65.2 Å². The van der Waals surface area contributed by atoms with Crippen molar-refractivity contribution in [2.24, 2.45) is 0 Å². The molecule has 0 aliphatic rings. The lowest BCUT2D eigenvalue weighted by Crippen LogP contribution is -1.90. The van der Waals surface area contributed by atoms with Crippen molar-refractivity contribution in [1.29, 1.82) is 10.5 Å². The number of allylic oxidation sites excluding steroid dienone is 1. The van der Waals surface area contributed by atoms with E-state index in [1.807, 2.05) is 48.5 Å². The Morgan fingerprint density at radius 3 is 2.20 bits per heavy atom. The van der Waals surface area contributed by atoms with Gasteiger partial charge in [0.1, 0.15) is 17.7 Å². The first kappa shape index (κ1) is 13.6. The van der Waals surface area contributed by atoms with Crippen LogP contribution in [0.25, 0.3) is 17.2 Å². The Morgan fingerprint density at radius 1 is 0.950 bits per heavy atom. The van der Waals surface area contributed by atoms with Gasteiger partial charge in [-0.3, -0.25) is 0 Å². The Morgan fingerprint density at radius 2 is 1.55 bits per heavy atom. The first-order chi connectivity index (χ1) is 9.80. The second kappa shape index (κ2) is 6.36. The minimum absolute atomic E-state index is 0.117. The van der Waals surface area contributed by atoms with Crippen molar-refractivity contribution >= 4 is 6.08 Å². The van der Waals surface area contributed by atoms with Gasteiger partial charge in [0.2, 0.25) is 0 Å². The van der Waals surface area contributed by atoms with Gasteiger partial charge in [0.05, 0.1) is 0 Å². The van der Waals surface area contributed by atoms with Crippen molar-refractivity contribution in [2.75, 3.05) is 0 Å². The number of hydrogen-bond donors (Lipinski definition) is 0. The Labute approximate surface area is 119 Å². The fraction of sp³-hybridized carbons (Fsp3) is 0.111. The van der Waals surface area contributed by atoms with Crippen molar-refractivity contribution in [3.63, 3.8) is 0 Å². The molecule has 0 unspecified atom stereocenters. The Bertz CT molecular complexity index is 712. The van der Waals surface area contributed by atoms with Gasteiger partial charge < -0.3 is 0 Å². The average Bonchev–Trinajstić information content (AvgIpc) is 2.53. The smallest absolute Gasteiger partial charge is 0.130 e. The van der Waals surface area contributed by atoms with E-state index < -0.39 is 0 Å². The summed E-state index contributed by atoms with van der Waals surface area (Å²) in [4.78, 5) is 0. The summed E-state index contributed by atoms with van der Waals surface area (Å²) in [5.74, 6) is 0. The molecule has 2 rings (SSSR count). The quantitative estimate of drug-likeness (QED) is 0.768. The summed E-state index contributed by atoms with van der Waals surface area (Å²) < 4.78 is 0. The Balaban J connectivity index is 2.63. The van der Waals surface area contributed by atoms with Crippen LogP contribution in [0.5, 0.6) is 0 Å². The van der Waals surface area contributed by atoms with Crippen molar-refractivity contribution in [1.82, 2.24) is 0 Å². The molecular formula is C18H14N2. The van der Waals surface area contributed by atoms with Gasteiger partial charge >= 0.3 is 0 Å². The highest BCUT2D eigenvalue weighted by molar-refractivity contribution is 5.79. The topological polar surface area (TPSA) is 47.6 Å². The van der Waals surface area contributed by atoms with Crippen LogP contribution in [0.15, 0.2) is 54.1 Å². The first-order valence-electron chi connectivity index (χ1n) is 6.49. The van der Waals surface area contributed by atoms with Gasteiger partial charge in [-0.15, -0.1) is 0 Å². The molecule has 0 aliphatic heterocycles. The molecule has 0 bridgehead atoms. The molecule has 0 amide bonds. The van der Waals surface area contributed by atoms with Crippen LogP contribution in [0.1, 0.15) is 18.1 Å². The van der Waals surface area contributed by atoms with E-state index >= 15 is 0 Å². The molecule has 2 aromatic carbocycles. The van der Waals surface area contributed by atoms with Gasteiger partial charge in [-0.05, 0) is 34.8 Å². The van der Waals surface area contributed by atoms with E-state index in [1.165, 1.54) is 5.56 Å². The zero-order valence-electron chi connectivity index (χ0n) is 11.3. The molecule has 20 heavy (non-hydrogen) atoms. The maximum absolute atomic E-state index is 8.91. The second-order valence-electron chi connectivity index (χ2n) is 4.38. The summed E-state index contributed by atoms with van der Waals surface area (Å²) in [5.41, 5.74) is 4.46. The fourth-order valence-electron chi connectivity index (χ4n) is 2.20. The number of nitrogens with zero attached hydrogens (tertiary/aromatic N) is 2. The summed E-state index contributed by atoms with van der Waals surface area (Å²) in [6, 6.07) is 19.9. The average molecular weight is 258 g/mol. The lowest BCUT2D eigenvalue weighted by atomic mass is 9.93. The SMILES string of the molecule is CCc1ccccc1-c1ccccc1C=C(C#N)C#N. The van der Waals surface area contributed by atoms with Crippen molar-refractivity contribution in [3.8, 4) is 23.3 Å². The zero-order valence-corrected chi connectivity index (χ0v) is 11.3. The predicted molar refractivity (Wildman–Crippen MR) is 80.5 cm³/mol. The van der Waals surface area contributed by atoms with E-state index in [0.29, 0.717) is 0 Å². The van der Waals surface area contributed by atoms with Gasteiger partial charge in [-0.25, -0.2) is 0 Å². The summed E-state index contributed by atoms with van der Waals surface area (Å²) >= 11 is 0. The maximum Gasteiger partial charge on any atom is 0.130 e. The Kier molecular flexibility index (Phi) is 4.32. The molecule has 0 saturated heterocycles. The summed E-state index contributed by atoms with van der Waals surface area (Å²) in [5, 5.41) is 17.8. The Hall–Kier alpha value is -2.84. The van der Waals surface area contributed by atoms with Crippen molar-refractivity contribution < 1.29 is 0 Å². The van der Waals surface area contributed by atoms with E-state index in [2.05, 4.69) is 19.1 Å². The molecule has 0 saturated carbocycles. The standard InChI is InChI=1S/C18H14N2/c1-2-15-7-3-5-9-17(15)18-10-6-4-8-16(18)11-14(12-19)13-20/h3-11H,2H2,1H3. The van der Waals surface area contributed by atoms with E-state index in [1.54, 1.807) is 6.08 Å². The first-order valence-corrected chi connectivity index (χ1v) is 6.49. The minimum Gasteiger partial charge on any atom is -0.192 e. The highest BCUT2D eigenvalue weighted by Gasteiger charge is 2.07. The molecule has 0 aliphatic carbocycles. The largest absolute Gasteiger partial charge is 0.192 e. The molecular weight excluding hydrogens is 244 g/mol. The van der Waals surface area contributed by atoms with Crippen LogP contribution in [0.3, 0.4) is 0 Å². The maximum atomic E-state index is 8.91. The summed E-state index contributed by atoms with van der Waals surface area (Å²) in [7, 11) is 0. The van der Waals surface area contributed by atoms with Crippen LogP contribution < -0.4 is 0 Å². The van der Waals surface area contributed by atoms with Crippen LogP contribution in [0, 0.1) is 22.7 Å². The van der Waals surface area contributed by atoms with E-state index in [-0.39, 0.29) is 5.57 Å². The van der Waals surface area contributed by atoms with E-state index in [9.17, 15) is 0 Å². The van der Waals surface area contributed by atoms with Crippen LogP contribution in [-0.4, -0.2) is 0 Å². The summed E-state index contributed by atoms with van der Waals surface area (Å²) in [6.07, 6.45) is 2.58. The van der Waals surface area contributed by atoms with Gasteiger partial charge in [0.25, 0.3) is 0 Å². The third kappa shape index (κ3) is 2.76. The molecule has 2 heteroatoms. The molecule has 0 radical (unpaired) electrons. The van der Waals surface area contributed by atoms with E-state index in [4.69, 9.17) is 10.5 Å².